The number of carbonyl (C=O) groups excluding carboxylic acids is 2. The van der Waals surface area contributed by atoms with Gasteiger partial charge in [0, 0.05) is 12.8 Å². The minimum atomic E-state index is -0.0864. The molecule has 0 spiro atoms. The first-order chi connectivity index (χ1) is 13.6. The molecule has 0 heterocycles. The lowest BCUT2D eigenvalue weighted by Crippen LogP contribution is -1.99. The SMILES string of the molecule is C=CCCCCCCCCC(=O)OC.C=CCCCCCCCCC(=O)OC. The van der Waals surface area contributed by atoms with Gasteiger partial charge in [0.05, 0.1) is 14.2 Å². The van der Waals surface area contributed by atoms with Crippen LogP contribution in [0.1, 0.15) is 103 Å². The fraction of sp³-hybridized carbons (Fsp3) is 0.750. The molecule has 0 bridgehead atoms. The van der Waals surface area contributed by atoms with Crippen LogP contribution in [-0.4, -0.2) is 26.2 Å². The number of allylic oxidation sites excluding steroid dienone is 2. The average molecular weight is 397 g/mol. The predicted molar refractivity (Wildman–Crippen MR) is 118 cm³/mol. The van der Waals surface area contributed by atoms with Crippen molar-refractivity contribution in [3.8, 4) is 0 Å². The Balaban J connectivity index is 0. The van der Waals surface area contributed by atoms with Crippen LogP contribution in [-0.2, 0) is 19.1 Å². The molecular formula is C24H44O4. The Labute approximate surface area is 173 Å². The number of methoxy groups -OCH3 is 2. The summed E-state index contributed by atoms with van der Waals surface area (Å²) in [4.78, 5) is 21.5. The number of hydrogen-bond donors (Lipinski definition) is 0. The van der Waals surface area contributed by atoms with Crippen molar-refractivity contribution in [3.63, 3.8) is 0 Å². The molecule has 0 unspecified atom stereocenters. The molecule has 28 heavy (non-hydrogen) atoms. The summed E-state index contributed by atoms with van der Waals surface area (Å²) >= 11 is 0. The van der Waals surface area contributed by atoms with Gasteiger partial charge in [0.2, 0.25) is 0 Å². The van der Waals surface area contributed by atoms with E-state index in [0.29, 0.717) is 12.8 Å². The highest BCUT2D eigenvalue weighted by Gasteiger charge is 1.99. The largest absolute Gasteiger partial charge is 0.469 e. The van der Waals surface area contributed by atoms with Gasteiger partial charge in [0.15, 0.2) is 0 Å². The second-order valence-corrected chi connectivity index (χ2v) is 7.05. The number of hydrogen-bond acceptors (Lipinski definition) is 4. The van der Waals surface area contributed by atoms with Crippen LogP contribution in [0.4, 0.5) is 0 Å². The van der Waals surface area contributed by atoms with E-state index in [4.69, 9.17) is 0 Å². The number of rotatable bonds is 18. The molecular weight excluding hydrogens is 352 g/mol. The van der Waals surface area contributed by atoms with E-state index in [1.54, 1.807) is 0 Å². The summed E-state index contributed by atoms with van der Waals surface area (Å²) in [5, 5.41) is 0. The molecule has 0 N–H and O–H groups in total. The highest BCUT2D eigenvalue weighted by Crippen LogP contribution is 2.09. The summed E-state index contributed by atoms with van der Waals surface area (Å²) in [6, 6.07) is 0. The second kappa shape index (κ2) is 25.4. The normalized spacial score (nSPS) is 9.79. The van der Waals surface area contributed by atoms with Gasteiger partial charge in [-0.05, 0) is 38.5 Å². The number of unbranched alkanes of at least 4 members (excludes halogenated alkanes) is 12. The average Bonchev–Trinajstić information content (AvgIpc) is 2.72. The maximum atomic E-state index is 10.8. The summed E-state index contributed by atoms with van der Waals surface area (Å²) in [6.07, 6.45) is 21.6. The molecule has 4 nitrogen and oxygen atoms in total. The van der Waals surface area contributed by atoms with Crippen molar-refractivity contribution in [1.82, 2.24) is 0 Å². The van der Waals surface area contributed by atoms with E-state index in [1.807, 2.05) is 12.2 Å². The zero-order chi connectivity index (χ0) is 21.3. The topological polar surface area (TPSA) is 52.6 Å². The minimum absolute atomic E-state index is 0.0864. The highest BCUT2D eigenvalue weighted by atomic mass is 16.5. The van der Waals surface area contributed by atoms with Gasteiger partial charge < -0.3 is 9.47 Å². The Morgan fingerprint density at radius 2 is 0.857 bits per heavy atom. The van der Waals surface area contributed by atoms with E-state index < -0.39 is 0 Å². The summed E-state index contributed by atoms with van der Waals surface area (Å²) < 4.78 is 9.12. The van der Waals surface area contributed by atoms with Gasteiger partial charge >= 0.3 is 11.9 Å². The van der Waals surface area contributed by atoms with Gasteiger partial charge in [0.25, 0.3) is 0 Å². The lowest BCUT2D eigenvalue weighted by molar-refractivity contribution is -0.141. The summed E-state index contributed by atoms with van der Waals surface area (Å²) in [7, 11) is 2.88. The smallest absolute Gasteiger partial charge is 0.305 e. The van der Waals surface area contributed by atoms with Crippen molar-refractivity contribution in [3.05, 3.63) is 25.3 Å². The van der Waals surface area contributed by atoms with Crippen molar-refractivity contribution < 1.29 is 19.1 Å². The first kappa shape index (κ1) is 28.6. The first-order valence-corrected chi connectivity index (χ1v) is 11.0. The van der Waals surface area contributed by atoms with Gasteiger partial charge in [0.1, 0.15) is 0 Å². The zero-order valence-corrected chi connectivity index (χ0v) is 18.5. The second-order valence-electron chi connectivity index (χ2n) is 7.05. The molecule has 0 radical (unpaired) electrons. The van der Waals surface area contributed by atoms with Crippen molar-refractivity contribution in [2.75, 3.05) is 14.2 Å². The van der Waals surface area contributed by atoms with E-state index >= 15 is 0 Å². The van der Waals surface area contributed by atoms with Crippen molar-refractivity contribution in [2.24, 2.45) is 0 Å². The van der Waals surface area contributed by atoms with Gasteiger partial charge in [-0.15, -0.1) is 13.2 Å². The molecule has 0 aromatic heterocycles. The van der Waals surface area contributed by atoms with Crippen molar-refractivity contribution in [1.29, 1.82) is 0 Å². The highest BCUT2D eigenvalue weighted by molar-refractivity contribution is 5.69. The molecule has 0 aliphatic carbocycles. The number of ether oxygens (including phenoxy) is 2. The van der Waals surface area contributed by atoms with Crippen LogP contribution in [0, 0.1) is 0 Å². The maximum Gasteiger partial charge on any atom is 0.305 e. The monoisotopic (exact) mass is 396 g/mol. The van der Waals surface area contributed by atoms with Gasteiger partial charge in [-0.1, -0.05) is 63.5 Å². The van der Waals surface area contributed by atoms with Crippen LogP contribution < -0.4 is 0 Å². The molecule has 0 aliphatic rings. The summed E-state index contributed by atoms with van der Waals surface area (Å²) in [5.41, 5.74) is 0. The third-order valence-electron chi connectivity index (χ3n) is 4.53. The number of carbonyl (C=O) groups is 2. The fourth-order valence-electron chi connectivity index (χ4n) is 2.73. The van der Waals surface area contributed by atoms with E-state index in [9.17, 15) is 9.59 Å². The third-order valence-corrected chi connectivity index (χ3v) is 4.53. The fourth-order valence-corrected chi connectivity index (χ4v) is 2.73. The summed E-state index contributed by atoms with van der Waals surface area (Å²) in [6.45, 7) is 7.37. The third kappa shape index (κ3) is 26.6. The zero-order valence-electron chi connectivity index (χ0n) is 18.5. The van der Waals surface area contributed by atoms with Crippen LogP contribution in [0.25, 0.3) is 0 Å². The molecule has 0 fully saturated rings. The van der Waals surface area contributed by atoms with Gasteiger partial charge in [-0.2, -0.15) is 0 Å². The lowest BCUT2D eigenvalue weighted by Gasteiger charge is -2.00. The molecule has 0 amide bonds. The van der Waals surface area contributed by atoms with Crippen LogP contribution in [0.3, 0.4) is 0 Å². The van der Waals surface area contributed by atoms with Gasteiger partial charge in [-0.25, -0.2) is 0 Å². The molecule has 0 aromatic carbocycles. The van der Waals surface area contributed by atoms with E-state index in [0.717, 1.165) is 38.5 Å². The number of esters is 2. The molecule has 0 saturated heterocycles. The van der Waals surface area contributed by atoms with Crippen molar-refractivity contribution in [2.45, 2.75) is 103 Å². The Bertz CT molecular complexity index is 341. The molecule has 0 aromatic rings. The quantitative estimate of drug-likeness (QED) is 0.143. The van der Waals surface area contributed by atoms with Gasteiger partial charge in [-0.3, -0.25) is 9.59 Å². The predicted octanol–water partition coefficient (Wildman–Crippen LogP) is 6.93. The van der Waals surface area contributed by atoms with Crippen LogP contribution in [0.15, 0.2) is 25.3 Å². The first-order valence-electron chi connectivity index (χ1n) is 11.0. The van der Waals surface area contributed by atoms with Crippen molar-refractivity contribution >= 4 is 11.9 Å². The summed E-state index contributed by atoms with van der Waals surface area (Å²) in [5.74, 6) is -0.173. The van der Waals surface area contributed by atoms with E-state index in [-0.39, 0.29) is 11.9 Å². The van der Waals surface area contributed by atoms with E-state index in [2.05, 4.69) is 22.6 Å². The molecule has 0 aliphatic heterocycles. The lowest BCUT2D eigenvalue weighted by atomic mass is 10.1. The Hall–Kier alpha value is -1.58. The van der Waals surface area contributed by atoms with Crippen LogP contribution in [0.5, 0.6) is 0 Å². The van der Waals surface area contributed by atoms with E-state index in [1.165, 1.54) is 65.6 Å². The standard InChI is InChI=1S/2C12H22O2/c2*1-3-4-5-6-7-8-9-10-11-12(13)14-2/h2*3H,1,4-11H2,2H3. The minimum Gasteiger partial charge on any atom is -0.469 e. The Morgan fingerprint density at radius 1 is 0.571 bits per heavy atom. The maximum absolute atomic E-state index is 10.8. The van der Waals surface area contributed by atoms with Crippen LogP contribution in [0.2, 0.25) is 0 Å². The van der Waals surface area contributed by atoms with Crippen LogP contribution >= 0.6 is 0 Å². The molecule has 0 saturated carbocycles. The Morgan fingerprint density at radius 3 is 1.14 bits per heavy atom. The molecule has 4 heteroatoms. The Kier molecular flexibility index (Phi) is 26.0. The molecule has 164 valence electrons. The molecule has 0 rings (SSSR count). The molecule has 0 atom stereocenters.